The molecule has 146 valence electrons. The zero-order valence-corrected chi connectivity index (χ0v) is 16.4. The van der Waals surface area contributed by atoms with Gasteiger partial charge in [-0.15, -0.1) is 5.11 Å². The molecular weight excluding hydrogens is 374 g/mol. The molecule has 0 saturated carbocycles. The third kappa shape index (κ3) is 4.62. The summed E-state index contributed by atoms with van der Waals surface area (Å²) in [5, 5.41) is 20.1. The number of hydrogen-bond acceptors (Lipinski definition) is 5. The van der Waals surface area contributed by atoms with Gasteiger partial charge in [0.15, 0.2) is 0 Å². The molecule has 0 aliphatic heterocycles. The van der Waals surface area contributed by atoms with Crippen LogP contribution in [-0.2, 0) is 4.79 Å². The normalized spacial score (nSPS) is 11.4. The maximum absolute atomic E-state index is 11.5. The third-order valence-corrected chi connectivity index (χ3v) is 4.34. The summed E-state index contributed by atoms with van der Waals surface area (Å²) in [6.45, 7) is 1.48. The van der Waals surface area contributed by atoms with Gasteiger partial charge in [-0.05, 0) is 36.4 Å². The Kier molecular flexibility index (Phi) is 5.66. The molecule has 2 aromatic rings. The predicted molar refractivity (Wildman–Crippen MR) is 119 cm³/mol. The van der Waals surface area contributed by atoms with Gasteiger partial charge in [0.2, 0.25) is 5.91 Å². The van der Waals surface area contributed by atoms with E-state index in [1.807, 2.05) is 91.0 Å². The van der Waals surface area contributed by atoms with Crippen LogP contribution in [-0.4, -0.2) is 5.91 Å². The molecule has 30 heavy (non-hydrogen) atoms. The molecule has 0 saturated heterocycles. The Labute approximate surface area is 174 Å². The molecule has 4 rings (SSSR count). The molecule has 0 fully saturated rings. The Morgan fingerprint density at radius 2 is 1.20 bits per heavy atom. The molecule has 0 spiro atoms. The highest BCUT2D eigenvalue weighted by molar-refractivity contribution is 5.99. The molecule has 0 radical (unpaired) electrons. The Morgan fingerprint density at radius 1 is 0.633 bits per heavy atom. The van der Waals surface area contributed by atoms with Crippen molar-refractivity contribution in [3.05, 3.63) is 91.0 Å². The van der Waals surface area contributed by atoms with E-state index in [1.165, 1.54) is 6.92 Å². The van der Waals surface area contributed by atoms with E-state index in [4.69, 9.17) is 0 Å². The zero-order valence-electron chi connectivity index (χ0n) is 16.4. The van der Waals surface area contributed by atoms with Crippen LogP contribution in [0.15, 0.2) is 111 Å². The van der Waals surface area contributed by atoms with Gasteiger partial charge in [-0.25, -0.2) is 0 Å². The molecule has 0 bridgehead atoms. The smallest absolute Gasteiger partial charge is 0.221 e. The number of rotatable bonds is 5. The van der Waals surface area contributed by atoms with Gasteiger partial charge in [0.25, 0.3) is 0 Å². The predicted octanol–water partition coefficient (Wildman–Crippen LogP) is 7.58. The van der Waals surface area contributed by atoms with E-state index in [9.17, 15) is 4.79 Å². The summed E-state index contributed by atoms with van der Waals surface area (Å²) in [5.41, 5.74) is 5.35. The van der Waals surface area contributed by atoms with E-state index >= 15 is 0 Å². The lowest BCUT2D eigenvalue weighted by Gasteiger charge is -2.01. The highest BCUT2D eigenvalue weighted by atomic mass is 16.1. The topological polar surface area (TPSA) is 78.5 Å². The Morgan fingerprint density at radius 3 is 1.90 bits per heavy atom. The van der Waals surface area contributed by atoms with Crippen molar-refractivity contribution in [1.29, 1.82) is 0 Å². The van der Waals surface area contributed by atoms with Crippen LogP contribution in [0.5, 0.6) is 0 Å². The number of azo groups is 2. The Hall–Kier alpha value is -4.19. The van der Waals surface area contributed by atoms with E-state index in [0.717, 1.165) is 16.8 Å². The fourth-order valence-corrected chi connectivity index (χ4v) is 3.01. The van der Waals surface area contributed by atoms with Crippen LogP contribution in [0.25, 0.3) is 11.1 Å². The van der Waals surface area contributed by atoms with Crippen molar-refractivity contribution in [3.8, 4) is 11.1 Å². The van der Waals surface area contributed by atoms with Crippen LogP contribution < -0.4 is 5.32 Å². The molecule has 0 aromatic heterocycles. The first-order valence-electron chi connectivity index (χ1n) is 9.47. The van der Waals surface area contributed by atoms with Crippen molar-refractivity contribution in [1.82, 2.24) is 0 Å². The second-order valence-corrected chi connectivity index (χ2v) is 6.62. The average molecular weight is 393 g/mol. The number of nitrogens with zero attached hydrogens (tertiary/aromatic N) is 4. The van der Waals surface area contributed by atoms with E-state index in [0.29, 0.717) is 22.7 Å². The number of carbonyl (C=O) groups excluding carboxylic acids is 1. The van der Waals surface area contributed by atoms with Crippen LogP contribution in [0.2, 0.25) is 0 Å². The van der Waals surface area contributed by atoms with Gasteiger partial charge in [0.05, 0.1) is 28.4 Å². The number of anilines is 1. The molecule has 2 aromatic carbocycles. The van der Waals surface area contributed by atoms with Crippen molar-refractivity contribution in [2.45, 2.75) is 6.92 Å². The number of benzene rings is 2. The summed E-state index contributed by atoms with van der Waals surface area (Å²) in [6, 6.07) is 28.5. The largest absolute Gasteiger partial charge is 0.326 e. The minimum Gasteiger partial charge on any atom is -0.326 e. The fourth-order valence-electron chi connectivity index (χ4n) is 3.01. The summed E-state index contributed by atoms with van der Waals surface area (Å²) < 4.78 is 0. The SMILES string of the molecule is CC(=O)Nc1cc(N=Nc2cccc(N=Nc3ccccc3)c2)c2cccccc1-2. The molecule has 0 heterocycles. The lowest BCUT2D eigenvalue weighted by atomic mass is 10.1. The van der Waals surface area contributed by atoms with Gasteiger partial charge < -0.3 is 5.32 Å². The van der Waals surface area contributed by atoms with Crippen molar-refractivity contribution in [3.63, 3.8) is 0 Å². The number of amides is 1. The Balaban J connectivity index is 1.61. The van der Waals surface area contributed by atoms with Crippen LogP contribution >= 0.6 is 0 Å². The van der Waals surface area contributed by atoms with Crippen LogP contribution in [0.1, 0.15) is 6.92 Å². The van der Waals surface area contributed by atoms with Gasteiger partial charge in [-0.2, -0.15) is 15.3 Å². The highest BCUT2D eigenvalue weighted by Gasteiger charge is 2.15. The molecule has 0 unspecified atom stereocenters. The van der Waals surface area contributed by atoms with Crippen LogP contribution in [0.4, 0.5) is 28.4 Å². The molecule has 6 nitrogen and oxygen atoms in total. The van der Waals surface area contributed by atoms with Crippen molar-refractivity contribution in [2.75, 3.05) is 5.32 Å². The third-order valence-electron chi connectivity index (χ3n) is 4.34. The Bertz CT molecular complexity index is 1200. The molecule has 1 N–H and O–H groups in total. The summed E-state index contributed by atoms with van der Waals surface area (Å²) in [6.07, 6.45) is 0. The van der Waals surface area contributed by atoms with Crippen LogP contribution in [0.3, 0.4) is 0 Å². The van der Waals surface area contributed by atoms with E-state index in [-0.39, 0.29) is 5.91 Å². The van der Waals surface area contributed by atoms with Gasteiger partial charge in [0, 0.05) is 18.1 Å². The van der Waals surface area contributed by atoms with Gasteiger partial charge in [-0.1, -0.05) is 54.6 Å². The number of nitrogens with one attached hydrogen (secondary N) is 1. The number of fused-ring (bicyclic) bond motifs is 1. The van der Waals surface area contributed by atoms with E-state index in [1.54, 1.807) is 0 Å². The monoisotopic (exact) mass is 393 g/mol. The first kappa shape index (κ1) is 19.1. The van der Waals surface area contributed by atoms with Crippen molar-refractivity contribution in [2.24, 2.45) is 20.5 Å². The fraction of sp³-hybridized carbons (Fsp3) is 0.0417. The maximum atomic E-state index is 11.5. The number of carbonyl (C=O) groups is 1. The number of hydrogen-bond donors (Lipinski definition) is 1. The van der Waals surface area contributed by atoms with E-state index in [2.05, 4.69) is 25.8 Å². The summed E-state index contributed by atoms with van der Waals surface area (Å²) in [5.74, 6) is -0.131. The average Bonchev–Trinajstić information content (AvgIpc) is 2.92. The standard InChI is InChI=1S/C24H19N5O/c1-17(30)25-23-16-24(22-14-7-3-6-13-21(22)23)29-28-20-12-8-11-19(15-20)27-26-18-9-4-2-5-10-18/h2-16H,1H3,(H,25,30). The molecule has 0 atom stereocenters. The molecule has 2 aliphatic rings. The molecule has 2 aliphatic carbocycles. The van der Waals surface area contributed by atoms with Gasteiger partial charge >= 0.3 is 0 Å². The van der Waals surface area contributed by atoms with E-state index < -0.39 is 0 Å². The van der Waals surface area contributed by atoms with Gasteiger partial charge in [-0.3, -0.25) is 4.79 Å². The second kappa shape index (κ2) is 8.87. The first-order chi connectivity index (χ1) is 14.7. The summed E-state index contributed by atoms with van der Waals surface area (Å²) in [7, 11) is 0. The van der Waals surface area contributed by atoms with Crippen molar-refractivity contribution >= 4 is 34.3 Å². The molecular formula is C24H19N5O. The van der Waals surface area contributed by atoms with Crippen LogP contribution in [0, 0.1) is 0 Å². The summed E-state index contributed by atoms with van der Waals surface area (Å²) in [4.78, 5) is 11.5. The first-order valence-corrected chi connectivity index (χ1v) is 9.47. The lowest BCUT2D eigenvalue weighted by molar-refractivity contribution is -0.114. The zero-order chi connectivity index (χ0) is 20.8. The van der Waals surface area contributed by atoms with Crippen molar-refractivity contribution < 1.29 is 4.79 Å². The highest BCUT2D eigenvalue weighted by Crippen LogP contribution is 2.41. The minimum absolute atomic E-state index is 0.131. The molecule has 1 amide bonds. The van der Waals surface area contributed by atoms with Gasteiger partial charge in [0.1, 0.15) is 0 Å². The minimum atomic E-state index is -0.131. The summed E-state index contributed by atoms with van der Waals surface area (Å²) >= 11 is 0. The quantitative estimate of drug-likeness (QED) is 0.348. The second-order valence-electron chi connectivity index (χ2n) is 6.62. The molecule has 6 heteroatoms. The lowest BCUT2D eigenvalue weighted by Crippen LogP contribution is -2.05. The maximum Gasteiger partial charge on any atom is 0.221 e.